The van der Waals surface area contributed by atoms with Gasteiger partial charge in [-0.1, -0.05) is 23.8 Å². The molecule has 2 unspecified atom stereocenters. The van der Waals surface area contributed by atoms with Crippen molar-refractivity contribution >= 4 is 12.1 Å². The summed E-state index contributed by atoms with van der Waals surface area (Å²) in [5, 5.41) is 0. The molecule has 1 saturated heterocycles. The van der Waals surface area contributed by atoms with E-state index in [0.29, 0.717) is 5.56 Å². The molecule has 0 aromatic heterocycles. The van der Waals surface area contributed by atoms with Gasteiger partial charge in [-0.05, 0) is 64.2 Å². The van der Waals surface area contributed by atoms with Crippen LogP contribution in [0.2, 0.25) is 0 Å². The topological polar surface area (TPSA) is 55.8 Å². The molecular formula is C21H27NO4. The van der Waals surface area contributed by atoms with Crippen LogP contribution in [0.5, 0.6) is 0 Å². The molecule has 2 heterocycles. The third-order valence-corrected chi connectivity index (χ3v) is 4.86. The standard InChI is InChI=1S/C21H27NO4/c1-21(2,3)26-20(24)22-17-8-9-18(22)13-15(12-17)10-14-6-5-7-16(11-14)19(23)25-4/h5-7,11-12,17-18H,8-10,13H2,1-4H3. The van der Waals surface area contributed by atoms with Crippen LogP contribution in [0, 0.1) is 0 Å². The summed E-state index contributed by atoms with van der Waals surface area (Å²) in [4.78, 5) is 26.1. The Kier molecular flexibility index (Phi) is 5.08. The molecule has 5 nitrogen and oxygen atoms in total. The third kappa shape index (κ3) is 4.09. The van der Waals surface area contributed by atoms with Gasteiger partial charge in [0, 0.05) is 6.04 Å². The van der Waals surface area contributed by atoms with Crippen molar-refractivity contribution in [3.8, 4) is 0 Å². The average Bonchev–Trinajstić information content (AvgIpc) is 2.84. The minimum atomic E-state index is -0.477. The van der Waals surface area contributed by atoms with E-state index < -0.39 is 5.60 Å². The third-order valence-electron chi connectivity index (χ3n) is 4.86. The Morgan fingerprint density at radius 3 is 2.65 bits per heavy atom. The van der Waals surface area contributed by atoms with Gasteiger partial charge in [-0.15, -0.1) is 0 Å². The number of esters is 1. The quantitative estimate of drug-likeness (QED) is 0.603. The van der Waals surface area contributed by atoms with Gasteiger partial charge in [0.1, 0.15) is 5.60 Å². The van der Waals surface area contributed by atoms with Gasteiger partial charge in [-0.2, -0.15) is 0 Å². The predicted octanol–water partition coefficient (Wildman–Crippen LogP) is 4.11. The Labute approximate surface area is 155 Å². The summed E-state index contributed by atoms with van der Waals surface area (Å²) < 4.78 is 10.4. The van der Waals surface area contributed by atoms with Crippen LogP contribution in [0.3, 0.4) is 0 Å². The van der Waals surface area contributed by atoms with Gasteiger partial charge in [0.15, 0.2) is 0 Å². The largest absolute Gasteiger partial charge is 0.465 e. The number of fused-ring (bicyclic) bond motifs is 2. The van der Waals surface area contributed by atoms with E-state index in [2.05, 4.69) is 6.08 Å². The van der Waals surface area contributed by atoms with Crippen molar-refractivity contribution in [2.24, 2.45) is 0 Å². The molecule has 0 aliphatic carbocycles. The summed E-state index contributed by atoms with van der Waals surface area (Å²) in [6, 6.07) is 7.87. The zero-order chi connectivity index (χ0) is 18.9. The van der Waals surface area contributed by atoms with Gasteiger partial charge in [-0.25, -0.2) is 9.59 Å². The number of rotatable bonds is 3. The number of methoxy groups -OCH3 is 1. The van der Waals surface area contributed by atoms with Crippen LogP contribution in [-0.2, 0) is 15.9 Å². The number of carbonyl (C=O) groups excluding carboxylic acids is 2. The number of ether oxygens (including phenoxy) is 2. The van der Waals surface area contributed by atoms with E-state index in [0.717, 1.165) is 31.2 Å². The lowest BCUT2D eigenvalue weighted by atomic mass is 9.94. The van der Waals surface area contributed by atoms with E-state index in [1.807, 2.05) is 43.9 Å². The second-order valence-electron chi connectivity index (χ2n) is 8.08. The Balaban J connectivity index is 1.72. The maximum Gasteiger partial charge on any atom is 0.411 e. The molecule has 2 atom stereocenters. The summed E-state index contributed by atoms with van der Waals surface area (Å²) in [6.45, 7) is 5.69. The highest BCUT2D eigenvalue weighted by Crippen LogP contribution is 2.37. The fourth-order valence-electron chi connectivity index (χ4n) is 3.84. The fraction of sp³-hybridized carbons (Fsp3) is 0.524. The lowest BCUT2D eigenvalue weighted by Crippen LogP contribution is -2.45. The SMILES string of the molecule is COC(=O)c1cccc(CC2=CC3CCC(C2)N3C(=O)OC(C)(C)C)c1. The highest BCUT2D eigenvalue weighted by atomic mass is 16.6. The number of hydrogen-bond donors (Lipinski definition) is 0. The van der Waals surface area contributed by atoms with Crippen LogP contribution >= 0.6 is 0 Å². The second-order valence-corrected chi connectivity index (χ2v) is 8.08. The predicted molar refractivity (Wildman–Crippen MR) is 99.1 cm³/mol. The fourth-order valence-corrected chi connectivity index (χ4v) is 3.84. The Hall–Kier alpha value is -2.30. The summed E-state index contributed by atoms with van der Waals surface area (Å²) in [5.41, 5.74) is 2.50. The Bertz CT molecular complexity index is 732. The zero-order valence-electron chi connectivity index (χ0n) is 16.0. The number of benzene rings is 1. The van der Waals surface area contributed by atoms with Crippen molar-refractivity contribution in [3.63, 3.8) is 0 Å². The highest BCUT2D eigenvalue weighted by molar-refractivity contribution is 5.89. The van der Waals surface area contributed by atoms with Gasteiger partial charge in [0.2, 0.25) is 0 Å². The average molecular weight is 357 g/mol. The summed E-state index contributed by atoms with van der Waals surface area (Å²) >= 11 is 0. The molecule has 1 aromatic rings. The van der Waals surface area contributed by atoms with Crippen LogP contribution in [0.1, 0.15) is 56.0 Å². The maximum atomic E-state index is 12.5. The molecule has 140 valence electrons. The molecule has 2 bridgehead atoms. The van der Waals surface area contributed by atoms with Gasteiger partial charge in [-0.3, -0.25) is 4.90 Å². The molecule has 0 radical (unpaired) electrons. The van der Waals surface area contributed by atoms with Crippen molar-refractivity contribution in [1.82, 2.24) is 4.90 Å². The van der Waals surface area contributed by atoms with Crippen molar-refractivity contribution in [2.45, 2.75) is 64.1 Å². The van der Waals surface area contributed by atoms with Crippen LogP contribution in [-0.4, -0.2) is 41.8 Å². The maximum absolute atomic E-state index is 12.5. The van der Waals surface area contributed by atoms with E-state index in [-0.39, 0.29) is 24.1 Å². The Morgan fingerprint density at radius 2 is 2.00 bits per heavy atom. The molecule has 0 spiro atoms. The molecule has 1 amide bonds. The molecule has 3 rings (SSSR count). The lowest BCUT2D eigenvalue weighted by molar-refractivity contribution is 0.0166. The Morgan fingerprint density at radius 1 is 1.23 bits per heavy atom. The number of hydrogen-bond acceptors (Lipinski definition) is 4. The van der Waals surface area contributed by atoms with Gasteiger partial charge >= 0.3 is 12.1 Å². The summed E-state index contributed by atoms with van der Waals surface area (Å²) in [5.74, 6) is -0.319. The second kappa shape index (κ2) is 7.14. The molecule has 5 heteroatoms. The molecule has 1 fully saturated rings. The highest BCUT2D eigenvalue weighted by Gasteiger charge is 2.41. The number of amides is 1. The van der Waals surface area contributed by atoms with E-state index in [1.54, 1.807) is 6.07 Å². The van der Waals surface area contributed by atoms with Crippen LogP contribution in [0.4, 0.5) is 4.79 Å². The van der Waals surface area contributed by atoms with Crippen molar-refractivity contribution in [2.75, 3.05) is 7.11 Å². The smallest absolute Gasteiger partial charge is 0.411 e. The molecule has 26 heavy (non-hydrogen) atoms. The summed E-state index contributed by atoms with van der Waals surface area (Å²) in [6.07, 6.45) is 5.63. The minimum absolute atomic E-state index is 0.113. The first-order chi connectivity index (χ1) is 12.3. The van der Waals surface area contributed by atoms with E-state index in [1.165, 1.54) is 12.7 Å². The van der Waals surface area contributed by atoms with E-state index in [4.69, 9.17) is 9.47 Å². The number of carbonyl (C=O) groups is 2. The normalized spacial score (nSPS) is 22.0. The van der Waals surface area contributed by atoms with Crippen LogP contribution in [0.25, 0.3) is 0 Å². The molecule has 2 aliphatic heterocycles. The van der Waals surface area contributed by atoms with Gasteiger partial charge in [0.05, 0.1) is 18.7 Å². The van der Waals surface area contributed by atoms with Crippen LogP contribution in [0.15, 0.2) is 35.9 Å². The lowest BCUT2D eigenvalue weighted by Gasteiger charge is -2.35. The van der Waals surface area contributed by atoms with Crippen molar-refractivity contribution < 1.29 is 19.1 Å². The minimum Gasteiger partial charge on any atom is -0.465 e. The molecule has 0 N–H and O–H groups in total. The molecular weight excluding hydrogens is 330 g/mol. The van der Waals surface area contributed by atoms with E-state index >= 15 is 0 Å². The van der Waals surface area contributed by atoms with Gasteiger partial charge in [0.25, 0.3) is 0 Å². The molecule has 2 aliphatic rings. The van der Waals surface area contributed by atoms with Crippen molar-refractivity contribution in [1.29, 1.82) is 0 Å². The molecule has 1 aromatic carbocycles. The monoisotopic (exact) mass is 357 g/mol. The first-order valence-electron chi connectivity index (χ1n) is 9.15. The van der Waals surface area contributed by atoms with Crippen molar-refractivity contribution in [3.05, 3.63) is 47.0 Å². The first-order valence-corrected chi connectivity index (χ1v) is 9.15. The van der Waals surface area contributed by atoms with Crippen LogP contribution < -0.4 is 0 Å². The van der Waals surface area contributed by atoms with E-state index in [9.17, 15) is 9.59 Å². The van der Waals surface area contributed by atoms with Gasteiger partial charge < -0.3 is 9.47 Å². The molecule has 0 saturated carbocycles. The summed E-state index contributed by atoms with van der Waals surface area (Å²) in [7, 11) is 1.39. The first kappa shape index (κ1) is 18.5. The number of nitrogens with zero attached hydrogens (tertiary/aromatic N) is 1. The zero-order valence-corrected chi connectivity index (χ0v) is 16.0.